The molecule has 0 amide bonds. The van der Waals surface area contributed by atoms with Crippen LogP contribution >= 0.6 is 0 Å². The van der Waals surface area contributed by atoms with E-state index >= 15 is 0 Å². The Morgan fingerprint density at radius 3 is 3.12 bits per heavy atom. The zero-order valence-corrected chi connectivity index (χ0v) is 10.3. The van der Waals surface area contributed by atoms with Crippen LogP contribution in [0.2, 0.25) is 0 Å². The van der Waals surface area contributed by atoms with Gasteiger partial charge in [-0.15, -0.1) is 0 Å². The van der Waals surface area contributed by atoms with Crippen molar-refractivity contribution in [1.29, 1.82) is 0 Å². The molecule has 0 bridgehead atoms. The number of rotatable bonds is 2. The second-order valence-corrected chi connectivity index (χ2v) is 4.42. The summed E-state index contributed by atoms with van der Waals surface area (Å²) < 4.78 is 7.98. The zero-order valence-electron chi connectivity index (χ0n) is 10.3. The van der Waals surface area contributed by atoms with E-state index in [1.807, 2.05) is 6.07 Å². The Morgan fingerprint density at radius 1 is 1.47 bits per heavy atom. The van der Waals surface area contributed by atoms with Gasteiger partial charge in [0.2, 0.25) is 0 Å². The van der Waals surface area contributed by atoms with Gasteiger partial charge in [0.25, 0.3) is 0 Å². The average molecular weight is 231 g/mol. The lowest BCUT2D eigenvalue weighted by molar-refractivity contribution is -0.0729. The Balaban J connectivity index is 2.17. The minimum absolute atomic E-state index is 0.0288. The number of benzene rings is 1. The van der Waals surface area contributed by atoms with Crippen LogP contribution in [-0.2, 0) is 11.3 Å². The summed E-state index contributed by atoms with van der Waals surface area (Å²) in [5.74, 6) is 0. The number of hydrogen-bond donors (Lipinski definition) is 0. The molecule has 0 N–H and O–H groups in total. The van der Waals surface area contributed by atoms with Crippen LogP contribution in [0.5, 0.6) is 0 Å². The van der Waals surface area contributed by atoms with Crippen LogP contribution in [0.4, 0.5) is 0 Å². The van der Waals surface area contributed by atoms with Gasteiger partial charge in [0.05, 0.1) is 24.4 Å². The van der Waals surface area contributed by atoms with E-state index in [1.165, 1.54) is 11.1 Å². The van der Waals surface area contributed by atoms with Gasteiger partial charge in [-0.3, -0.25) is 9.58 Å². The molecule has 0 saturated carbocycles. The van der Waals surface area contributed by atoms with Gasteiger partial charge < -0.3 is 4.74 Å². The van der Waals surface area contributed by atoms with Gasteiger partial charge in [0, 0.05) is 5.39 Å². The predicted molar refractivity (Wildman–Crippen MR) is 66.7 cm³/mol. The maximum atomic E-state index is 5.89. The number of ether oxygens (including phenoxy) is 1. The van der Waals surface area contributed by atoms with Gasteiger partial charge in [0.1, 0.15) is 0 Å². The maximum Gasteiger partial charge on any atom is 0.153 e. The molecule has 2 heterocycles. The van der Waals surface area contributed by atoms with E-state index in [1.54, 1.807) is 0 Å². The minimum Gasteiger partial charge on any atom is -0.355 e. The molecular weight excluding hydrogens is 214 g/mol. The van der Waals surface area contributed by atoms with Gasteiger partial charge in [-0.2, -0.15) is 5.10 Å². The molecule has 1 aromatic carbocycles. The Labute approximate surface area is 101 Å². The predicted octanol–water partition coefficient (Wildman–Crippen LogP) is 2.02. The lowest BCUT2D eigenvalue weighted by Crippen LogP contribution is -2.33. The lowest BCUT2D eigenvalue weighted by atomic mass is 10.1. The standard InChI is InChI=1S/C13H17N3O/c1-3-15(2)13-12-10-6-4-5-7-11(10)14-16(12)8-9-17-13/h4-7,13H,3,8-9H2,1-2H3/t13-/m0/s1. The third-order valence-electron chi connectivity index (χ3n) is 3.40. The summed E-state index contributed by atoms with van der Waals surface area (Å²) >= 11 is 0. The highest BCUT2D eigenvalue weighted by Crippen LogP contribution is 2.31. The summed E-state index contributed by atoms with van der Waals surface area (Å²) in [6.45, 7) is 4.68. The van der Waals surface area contributed by atoms with Crippen molar-refractivity contribution in [3.05, 3.63) is 30.0 Å². The Hall–Kier alpha value is -1.39. The van der Waals surface area contributed by atoms with E-state index < -0.39 is 0 Å². The van der Waals surface area contributed by atoms with Crippen molar-refractivity contribution >= 4 is 10.9 Å². The third-order valence-corrected chi connectivity index (χ3v) is 3.40. The molecule has 1 aliphatic rings. The van der Waals surface area contributed by atoms with Gasteiger partial charge in [-0.05, 0) is 19.7 Å². The Morgan fingerprint density at radius 2 is 2.29 bits per heavy atom. The van der Waals surface area contributed by atoms with E-state index in [0.717, 1.165) is 25.2 Å². The average Bonchev–Trinajstić information content (AvgIpc) is 2.76. The number of aromatic nitrogens is 2. The van der Waals surface area contributed by atoms with E-state index in [2.05, 4.69) is 46.9 Å². The van der Waals surface area contributed by atoms with Crippen molar-refractivity contribution in [2.45, 2.75) is 19.7 Å². The molecule has 17 heavy (non-hydrogen) atoms. The van der Waals surface area contributed by atoms with Crippen LogP contribution in [0.15, 0.2) is 24.3 Å². The second-order valence-electron chi connectivity index (χ2n) is 4.42. The lowest BCUT2D eigenvalue weighted by Gasteiger charge is -2.31. The molecule has 1 atom stereocenters. The summed E-state index contributed by atoms with van der Waals surface area (Å²) in [6.07, 6.45) is 0.0288. The van der Waals surface area contributed by atoms with Crippen molar-refractivity contribution < 1.29 is 4.74 Å². The van der Waals surface area contributed by atoms with Crippen molar-refractivity contribution in [3.63, 3.8) is 0 Å². The van der Waals surface area contributed by atoms with Crippen LogP contribution in [0.25, 0.3) is 10.9 Å². The highest BCUT2D eigenvalue weighted by atomic mass is 16.5. The second kappa shape index (κ2) is 4.13. The molecule has 0 aliphatic carbocycles. The quantitative estimate of drug-likeness (QED) is 0.792. The normalized spacial score (nSPS) is 19.8. The Bertz CT molecular complexity index is 534. The molecule has 0 radical (unpaired) electrons. The molecule has 0 fully saturated rings. The summed E-state index contributed by atoms with van der Waals surface area (Å²) in [5, 5.41) is 5.84. The minimum atomic E-state index is 0.0288. The molecular formula is C13H17N3O. The van der Waals surface area contributed by atoms with Gasteiger partial charge in [-0.1, -0.05) is 25.1 Å². The van der Waals surface area contributed by atoms with Crippen molar-refractivity contribution in [1.82, 2.24) is 14.7 Å². The first kappa shape index (κ1) is 10.7. The summed E-state index contributed by atoms with van der Waals surface area (Å²) in [6, 6.07) is 8.27. The van der Waals surface area contributed by atoms with Gasteiger partial charge >= 0.3 is 0 Å². The molecule has 4 nitrogen and oxygen atoms in total. The first-order valence-corrected chi connectivity index (χ1v) is 6.08. The molecule has 3 rings (SSSR count). The Kier molecular flexibility index (Phi) is 2.61. The zero-order chi connectivity index (χ0) is 11.8. The maximum absolute atomic E-state index is 5.89. The molecule has 1 aliphatic heterocycles. The van der Waals surface area contributed by atoms with Crippen LogP contribution < -0.4 is 0 Å². The van der Waals surface area contributed by atoms with Crippen LogP contribution in [0.1, 0.15) is 18.8 Å². The highest BCUT2D eigenvalue weighted by molar-refractivity contribution is 5.81. The first-order valence-electron chi connectivity index (χ1n) is 6.08. The van der Waals surface area contributed by atoms with Crippen LogP contribution in [-0.4, -0.2) is 34.9 Å². The molecule has 2 aromatic rings. The number of hydrogen-bond acceptors (Lipinski definition) is 3. The van der Waals surface area contributed by atoms with Crippen molar-refractivity contribution in [2.24, 2.45) is 0 Å². The molecule has 90 valence electrons. The fraction of sp³-hybridized carbons (Fsp3) is 0.462. The largest absolute Gasteiger partial charge is 0.355 e. The van der Waals surface area contributed by atoms with Gasteiger partial charge in [0.15, 0.2) is 6.23 Å². The van der Waals surface area contributed by atoms with Gasteiger partial charge in [-0.25, -0.2) is 0 Å². The third kappa shape index (κ3) is 1.64. The summed E-state index contributed by atoms with van der Waals surface area (Å²) in [7, 11) is 2.09. The summed E-state index contributed by atoms with van der Waals surface area (Å²) in [5.41, 5.74) is 2.25. The smallest absolute Gasteiger partial charge is 0.153 e. The first-order chi connectivity index (χ1) is 8.31. The summed E-state index contributed by atoms with van der Waals surface area (Å²) in [4.78, 5) is 2.21. The highest BCUT2D eigenvalue weighted by Gasteiger charge is 2.27. The fourth-order valence-corrected chi connectivity index (χ4v) is 2.36. The van der Waals surface area contributed by atoms with E-state index in [0.29, 0.717) is 0 Å². The van der Waals surface area contributed by atoms with E-state index in [4.69, 9.17) is 4.74 Å². The van der Waals surface area contributed by atoms with Crippen LogP contribution in [0.3, 0.4) is 0 Å². The molecule has 1 aromatic heterocycles. The van der Waals surface area contributed by atoms with E-state index in [-0.39, 0.29) is 6.23 Å². The monoisotopic (exact) mass is 231 g/mol. The van der Waals surface area contributed by atoms with Crippen molar-refractivity contribution in [2.75, 3.05) is 20.2 Å². The molecule has 0 spiro atoms. The molecule has 0 saturated heterocycles. The number of nitrogens with zero attached hydrogens (tertiary/aromatic N) is 3. The molecule has 4 heteroatoms. The molecule has 0 unspecified atom stereocenters. The fourth-order valence-electron chi connectivity index (χ4n) is 2.36. The topological polar surface area (TPSA) is 30.3 Å². The van der Waals surface area contributed by atoms with Crippen LogP contribution in [0, 0.1) is 0 Å². The number of fused-ring (bicyclic) bond motifs is 3. The van der Waals surface area contributed by atoms with E-state index in [9.17, 15) is 0 Å². The van der Waals surface area contributed by atoms with Crippen molar-refractivity contribution in [3.8, 4) is 0 Å². The SMILES string of the molecule is CCN(C)[C@H]1OCCn2nc3ccccc3c21.